The van der Waals surface area contributed by atoms with Crippen LogP contribution in [0.2, 0.25) is 5.02 Å². The maximum atomic E-state index is 5.97. The van der Waals surface area contributed by atoms with Gasteiger partial charge in [-0.2, -0.15) is 0 Å². The van der Waals surface area contributed by atoms with Gasteiger partial charge in [-0.3, -0.25) is 0 Å². The molecule has 17 heavy (non-hydrogen) atoms. The average Bonchev–Trinajstić information content (AvgIpc) is 2.23. The first-order valence-electron chi connectivity index (χ1n) is 6.43. The number of aryl methyl sites for hydroxylation is 2. The molecular weight excluding hydrogens is 228 g/mol. The number of allylic oxidation sites excluding steroid dienone is 1. The molecule has 0 aromatic heterocycles. The fourth-order valence-electron chi connectivity index (χ4n) is 1.76. The van der Waals surface area contributed by atoms with Crippen LogP contribution in [0.1, 0.15) is 49.8 Å². The van der Waals surface area contributed by atoms with E-state index in [9.17, 15) is 0 Å². The second-order valence-electron chi connectivity index (χ2n) is 4.41. The van der Waals surface area contributed by atoms with E-state index >= 15 is 0 Å². The lowest BCUT2D eigenvalue weighted by Crippen LogP contribution is -1.93. The minimum absolute atomic E-state index is 0.840. The highest BCUT2D eigenvalue weighted by atomic mass is 35.5. The summed E-state index contributed by atoms with van der Waals surface area (Å²) in [6.07, 6.45) is 6.61. The lowest BCUT2D eigenvalue weighted by Gasteiger charge is -2.09. The largest absolute Gasteiger partial charge is 0.103 e. The molecule has 0 heterocycles. The molecule has 0 fully saturated rings. The number of halogens is 1. The van der Waals surface area contributed by atoms with Gasteiger partial charge in [0.2, 0.25) is 0 Å². The zero-order valence-electron chi connectivity index (χ0n) is 11.6. The van der Waals surface area contributed by atoms with Crippen molar-refractivity contribution in [3.05, 3.63) is 46.5 Å². The third kappa shape index (κ3) is 6.53. The molecule has 0 saturated heterocycles. The normalized spacial score (nSPS) is 9.47. The van der Waals surface area contributed by atoms with E-state index in [0.29, 0.717) is 0 Å². The summed E-state index contributed by atoms with van der Waals surface area (Å²) in [5.41, 5.74) is 4.05. The van der Waals surface area contributed by atoms with Crippen molar-refractivity contribution in [1.29, 1.82) is 0 Å². The Morgan fingerprint density at radius 2 is 1.65 bits per heavy atom. The minimum Gasteiger partial charge on any atom is -0.103 e. The highest BCUT2D eigenvalue weighted by Crippen LogP contribution is 2.21. The maximum Gasteiger partial charge on any atom is 0.0411 e. The van der Waals surface area contributed by atoms with E-state index in [0.717, 1.165) is 17.9 Å². The zero-order chi connectivity index (χ0) is 13.3. The molecular formula is C16H25Cl. The summed E-state index contributed by atoms with van der Waals surface area (Å²) in [5.74, 6) is 0. The molecule has 0 spiro atoms. The predicted molar refractivity (Wildman–Crippen MR) is 80.0 cm³/mol. The van der Waals surface area contributed by atoms with Gasteiger partial charge in [0.25, 0.3) is 0 Å². The Labute approximate surface area is 112 Å². The van der Waals surface area contributed by atoms with Crippen LogP contribution in [0.25, 0.3) is 0 Å². The predicted octanol–water partition coefficient (Wildman–Crippen LogP) is 5.88. The number of benzene rings is 1. The summed E-state index contributed by atoms with van der Waals surface area (Å²) >= 11 is 5.97. The van der Waals surface area contributed by atoms with Gasteiger partial charge in [-0.05, 0) is 61.9 Å². The van der Waals surface area contributed by atoms with Gasteiger partial charge < -0.3 is 0 Å². The summed E-state index contributed by atoms with van der Waals surface area (Å²) in [7, 11) is 0. The van der Waals surface area contributed by atoms with E-state index in [1.165, 1.54) is 29.5 Å². The summed E-state index contributed by atoms with van der Waals surface area (Å²) in [6.45, 7) is 12.2. The molecule has 96 valence electrons. The zero-order valence-corrected chi connectivity index (χ0v) is 12.4. The molecule has 0 aliphatic carbocycles. The van der Waals surface area contributed by atoms with Crippen molar-refractivity contribution in [2.45, 2.75) is 53.4 Å². The third-order valence-corrected chi connectivity index (χ3v) is 2.71. The Balaban J connectivity index is 0.000000770. The van der Waals surface area contributed by atoms with Gasteiger partial charge in [-0.25, -0.2) is 0 Å². The number of unbranched alkanes of at least 4 members (excludes halogenated alkanes) is 1. The quantitative estimate of drug-likeness (QED) is 0.464. The Bertz CT molecular complexity index is 316. The van der Waals surface area contributed by atoms with Crippen LogP contribution in [0.15, 0.2) is 24.8 Å². The van der Waals surface area contributed by atoms with Crippen LogP contribution < -0.4 is 0 Å². The highest BCUT2D eigenvalue weighted by molar-refractivity contribution is 6.30. The van der Waals surface area contributed by atoms with Crippen LogP contribution >= 0.6 is 11.6 Å². The fourth-order valence-corrected chi connectivity index (χ4v) is 2.09. The van der Waals surface area contributed by atoms with E-state index in [1.54, 1.807) is 0 Å². The fraction of sp³-hybridized carbons (Fsp3) is 0.500. The first kappa shape index (κ1) is 16.2. The lowest BCUT2D eigenvalue weighted by atomic mass is 9.98. The Morgan fingerprint density at radius 1 is 1.18 bits per heavy atom. The third-order valence-electron chi connectivity index (χ3n) is 2.50. The monoisotopic (exact) mass is 252 g/mol. The number of hydrogen-bond donors (Lipinski definition) is 0. The maximum absolute atomic E-state index is 5.97. The van der Waals surface area contributed by atoms with Gasteiger partial charge in [0.05, 0.1) is 0 Å². The average molecular weight is 253 g/mol. The molecule has 1 heteroatoms. The van der Waals surface area contributed by atoms with Gasteiger partial charge in [0.15, 0.2) is 0 Å². The molecule has 0 aliphatic heterocycles. The minimum atomic E-state index is 0.840. The van der Waals surface area contributed by atoms with Crippen molar-refractivity contribution in [1.82, 2.24) is 0 Å². The molecule has 1 aromatic rings. The summed E-state index contributed by atoms with van der Waals surface area (Å²) in [5, 5.41) is 0.840. The van der Waals surface area contributed by atoms with E-state index in [2.05, 4.69) is 34.3 Å². The van der Waals surface area contributed by atoms with E-state index < -0.39 is 0 Å². The molecule has 0 unspecified atom stereocenters. The SMILES string of the molecule is C=CCCCc1c(C)cc(Cl)cc1C.CCC. The molecule has 0 atom stereocenters. The first-order chi connectivity index (χ1) is 8.06. The highest BCUT2D eigenvalue weighted by Gasteiger charge is 2.03. The van der Waals surface area contributed by atoms with Crippen molar-refractivity contribution in [3.63, 3.8) is 0 Å². The molecule has 0 amide bonds. The van der Waals surface area contributed by atoms with Gasteiger partial charge in [0.1, 0.15) is 0 Å². The smallest absolute Gasteiger partial charge is 0.0411 e. The van der Waals surface area contributed by atoms with Crippen LogP contribution in [0, 0.1) is 13.8 Å². The molecule has 1 aromatic carbocycles. The van der Waals surface area contributed by atoms with E-state index in [-0.39, 0.29) is 0 Å². The second-order valence-corrected chi connectivity index (χ2v) is 4.84. The van der Waals surface area contributed by atoms with Crippen molar-refractivity contribution >= 4 is 11.6 Å². The van der Waals surface area contributed by atoms with Crippen LogP contribution in [0.3, 0.4) is 0 Å². The Kier molecular flexibility index (Phi) is 8.89. The topological polar surface area (TPSA) is 0 Å². The number of rotatable bonds is 4. The molecule has 0 radical (unpaired) electrons. The van der Waals surface area contributed by atoms with E-state index in [1.807, 2.05) is 18.2 Å². The van der Waals surface area contributed by atoms with E-state index in [4.69, 9.17) is 11.6 Å². The Hall–Kier alpha value is -0.750. The molecule has 1 rings (SSSR count). The van der Waals surface area contributed by atoms with Crippen LogP contribution in [-0.2, 0) is 6.42 Å². The van der Waals surface area contributed by atoms with Gasteiger partial charge in [-0.1, -0.05) is 37.9 Å². The van der Waals surface area contributed by atoms with Crippen molar-refractivity contribution in [2.24, 2.45) is 0 Å². The molecule has 0 aliphatic rings. The number of hydrogen-bond acceptors (Lipinski definition) is 0. The second kappa shape index (κ2) is 9.30. The molecule has 0 bridgehead atoms. The molecule has 0 N–H and O–H groups in total. The lowest BCUT2D eigenvalue weighted by molar-refractivity contribution is 0.833. The molecule has 0 saturated carbocycles. The summed E-state index contributed by atoms with van der Waals surface area (Å²) in [4.78, 5) is 0. The standard InChI is InChI=1S/C13H17Cl.C3H8/c1-4-5-6-7-13-10(2)8-12(14)9-11(13)3;1-3-2/h4,8-9H,1,5-7H2,2-3H3;3H2,1-2H3. The summed E-state index contributed by atoms with van der Waals surface area (Å²) in [6, 6.07) is 4.08. The first-order valence-corrected chi connectivity index (χ1v) is 6.81. The summed E-state index contributed by atoms with van der Waals surface area (Å²) < 4.78 is 0. The van der Waals surface area contributed by atoms with Crippen LogP contribution in [0.4, 0.5) is 0 Å². The van der Waals surface area contributed by atoms with Crippen LogP contribution in [-0.4, -0.2) is 0 Å². The van der Waals surface area contributed by atoms with Crippen molar-refractivity contribution < 1.29 is 0 Å². The van der Waals surface area contributed by atoms with Gasteiger partial charge in [0, 0.05) is 5.02 Å². The van der Waals surface area contributed by atoms with Crippen LogP contribution in [0.5, 0.6) is 0 Å². The van der Waals surface area contributed by atoms with Crippen molar-refractivity contribution in [3.8, 4) is 0 Å². The Morgan fingerprint density at radius 3 is 2.06 bits per heavy atom. The molecule has 0 nitrogen and oxygen atoms in total. The van der Waals surface area contributed by atoms with Gasteiger partial charge in [-0.15, -0.1) is 6.58 Å². The van der Waals surface area contributed by atoms with Gasteiger partial charge >= 0.3 is 0 Å². The van der Waals surface area contributed by atoms with Crippen molar-refractivity contribution in [2.75, 3.05) is 0 Å².